The number of rotatable bonds is 7. The molecule has 3 aromatic rings. The average Bonchev–Trinajstić information content (AvgIpc) is 3.19. The van der Waals surface area contributed by atoms with E-state index in [-0.39, 0.29) is 12.5 Å². The lowest BCUT2D eigenvalue weighted by molar-refractivity contribution is -0.137. The maximum absolute atomic E-state index is 10.9. The fraction of sp³-hybridized carbons (Fsp3) is 0.556. The fourth-order valence-electron chi connectivity index (χ4n) is 5.37. The molecule has 200 valence electrons. The van der Waals surface area contributed by atoms with Gasteiger partial charge < -0.3 is 14.9 Å². The molecule has 0 bridgehead atoms. The number of nitrogens with zero attached hydrogens (tertiary/aromatic N) is 6. The quantitative estimate of drug-likeness (QED) is 0.406. The fourth-order valence-corrected chi connectivity index (χ4v) is 5.93. The van der Waals surface area contributed by atoms with Crippen molar-refractivity contribution >= 4 is 46.2 Å². The van der Waals surface area contributed by atoms with Gasteiger partial charge >= 0.3 is 5.97 Å². The number of aryl methyl sites for hydroxylation is 1. The van der Waals surface area contributed by atoms with E-state index in [1.54, 1.807) is 6.07 Å². The molecule has 0 saturated carbocycles. The highest BCUT2D eigenvalue weighted by molar-refractivity contribution is 6.35. The number of hydrogen-bond acceptors (Lipinski definition) is 6. The number of halogens is 2. The standard InChI is InChI=1S/C25H30Cl2N6O2.C2H6/c1-15-24-25(33(30-15)16(2)20-6-5-19(26)10-21(20)27)29-22(11-28-24)32-13-18(14-32)17-4-3-8-31(12-17)9-7-23(34)35;1-2/h5-6,10-11,16-18H,3-4,7-9,12-14H2,1-2H3,(H,34,35);1-2H3. The van der Waals surface area contributed by atoms with Gasteiger partial charge in [0.2, 0.25) is 0 Å². The number of carboxylic acid groups (broad SMARTS) is 1. The van der Waals surface area contributed by atoms with E-state index in [9.17, 15) is 4.79 Å². The first kappa shape index (κ1) is 27.6. The lowest BCUT2D eigenvalue weighted by Gasteiger charge is -2.47. The Hall–Kier alpha value is -2.42. The van der Waals surface area contributed by atoms with Crippen molar-refractivity contribution in [2.75, 3.05) is 37.6 Å². The Morgan fingerprint density at radius 2 is 1.95 bits per heavy atom. The molecular weight excluding hydrogens is 511 g/mol. The van der Waals surface area contributed by atoms with Gasteiger partial charge in [-0.3, -0.25) is 4.79 Å². The minimum absolute atomic E-state index is 0.122. The third-order valence-electron chi connectivity index (χ3n) is 7.42. The van der Waals surface area contributed by atoms with Crippen LogP contribution in [0.4, 0.5) is 5.82 Å². The summed E-state index contributed by atoms with van der Waals surface area (Å²) >= 11 is 12.6. The van der Waals surface area contributed by atoms with Crippen LogP contribution in [0.3, 0.4) is 0 Å². The molecule has 0 amide bonds. The van der Waals surface area contributed by atoms with E-state index in [1.165, 1.54) is 6.42 Å². The summed E-state index contributed by atoms with van der Waals surface area (Å²) in [5.41, 5.74) is 3.31. The predicted octanol–water partition coefficient (Wildman–Crippen LogP) is 5.70. The van der Waals surface area contributed by atoms with Crippen molar-refractivity contribution in [1.29, 1.82) is 0 Å². The number of anilines is 1. The summed E-state index contributed by atoms with van der Waals surface area (Å²) in [6.07, 6.45) is 4.40. The summed E-state index contributed by atoms with van der Waals surface area (Å²) in [6.45, 7) is 12.5. The molecule has 2 atom stereocenters. The molecule has 5 rings (SSSR count). The maximum Gasteiger partial charge on any atom is 0.304 e. The summed E-state index contributed by atoms with van der Waals surface area (Å²) in [7, 11) is 0. The van der Waals surface area contributed by atoms with Crippen LogP contribution in [0, 0.1) is 18.8 Å². The number of aromatic nitrogens is 4. The number of carboxylic acids is 1. The van der Waals surface area contributed by atoms with Crippen molar-refractivity contribution in [2.45, 2.75) is 53.0 Å². The Kier molecular flexibility index (Phi) is 8.93. The zero-order valence-corrected chi connectivity index (χ0v) is 23.5. The van der Waals surface area contributed by atoms with E-state index in [4.69, 9.17) is 43.4 Å². The molecule has 1 N–H and O–H groups in total. The first-order chi connectivity index (χ1) is 17.8. The predicted molar refractivity (Wildman–Crippen MR) is 149 cm³/mol. The molecule has 2 aliphatic heterocycles. The monoisotopic (exact) mass is 546 g/mol. The van der Waals surface area contributed by atoms with Crippen molar-refractivity contribution in [3.63, 3.8) is 0 Å². The summed E-state index contributed by atoms with van der Waals surface area (Å²) < 4.78 is 1.90. The molecule has 0 aliphatic carbocycles. The Labute approximate surface area is 228 Å². The third kappa shape index (κ3) is 6.02. The lowest BCUT2D eigenvalue weighted by Crippen LogP contribution is -2.54. The van der Waals surface area contributed by atoms with Crippen molar-refractivity contribution in [1.82, 2.24) is 24.6 Å². The second-order valence-corrected chi connectivity index (χ2v) is 10.6. The first-order valence-corrected chi connectivity index (χ1v) is 13.9. The zero-order valence-electron chi connectivity index (χ0n) is 22.0. The zero-order chi connectivity index (χ0) is 26.7. The average molecular weight is 548 g/mol. The van der Waals surface area contributed by atoms with E-state index >= 15 is 0 Å². The molecule has 0 radical (unpaired) electrons. The van der Waals surface area contributed by atoms with Crippen molar-refractivity contribution < 1.29 is 9.90 Å². The minimum Gasteiger partial charge on any atom is -0.481 e. The highest BCUT2D eigenvalue weighted by Gasteiger charge is 2.36. The lowest BCUT2D eigenvalue weighted by atomic mass is 9.80. The Bertz CT molecular complexity index is 1240. The van der Waals surface area contributed by atoms with Crippen LogP contribution in [0.1, 0.15) is 57.3 Å². The molecule has 37 heavy (non-hydrogen) atoms. The number of likely N-dealkylation sites (tertiary alicyclic amines) is 1. The number of fused-ring (bicyclic) bond motifs is 1. The first-order valence-electron chi connectivity index (χ1n) is 13.2. The normalized spacial score (nSPS) is 19.3. The minimum atomic E-state index is -0.724. The van der Waals surface area contributed by atoms with E-state index in [0.29, 0.717) is 28.4 Å². The van der Waals surface area contributed by atoms with Gasteiger partial charge in [-0.1, -0.05) is 43.1 Å². The summed E-state index contributed by atoms with van der Waals surface area (Å²) in [5.74, 6) is 1.34. The molecule has 8 nitrogen and oxygen atoms in total. The van der Waals surface area contributed by atoms with Gasteiger partial charge in [0.25, 0.3) is 0 Å². The highest BCUT2D eigenvalue weighted by atomic mass is 35.5. The van der Waals surface area contributed by atoms with E-state index in [2.05, 4.69) is 9.80 Å². The molecule has 2 unspecified atom stereocenters. The van der Waals surface area contributed by atoms with Gasteiger partial charge in [0.15, 0.2) is 5.65 Å². The Balaban J connectivity index is 0.00000156. The van der Waals surface area contributed by atoms with Crippen molar-refractivity contribution in [3.05, 3.63) is 45.7 Å². The van der Waals surface area contributed by atoms with E-state index in [1.807, 2.05) is 50.7 Å². The molecule has 10 heteroatoms. The molecule has 0 spiro atoms. The Morgan fingerprint density at radius 1 is 1.19 bits per heavy atom. The molecule has 2 aromatic heterocycles. The largest absolute Gasteiger partial charge is 0.481 e. The van der Waals surface area contributed by atoms with Gasteiger partial charge in [-0.2, -0.15) is 5.10 Å². The van der Waals surface area contributed by atoms with Gasteiger partial charge in [-0.05, 0) is 62.8 Å². The number of aliphatic carboxylic acids is 1. The molecule has 1 aromatic carbocycles. The van der Waals surface area contributed by atoms with Gasteiger partial charge in [-0.25, -0.2) is 14.6 Å². The molecular formula is C27H36Cl2N6O2. The van der Waals surface area contributed by atoms with Gasteiger partial charge in [0.1, 0.15) is 11.3 Å². The Morgan fingerprint density at radius 3 is 2.65 bits per heavy atom. The molecule has 2 aliphatic rings. The van der Waals surface area contributed by atoms with E-state index < -0.39 is 5.97 Å². The van der Waals surface area contributed by atoms with Crippen LogP contribution in [-0.4, -0.2) is 68.4 Å². The maximum atomic E-state index is 10.9. The van der Waals surface area contributed by atoms with Crippen LogP contribution < -0.4 is 4.90 Å². The molecule has 2 fully saturated rings. The molecule has 2 saturated heterocycles. The SMILES string of the molecule is CC.Cc1nn(C(C)c2ccc(Cl)cc2Cl)c2nc(N3CC(C4CCCN(CCC(=O)O)C4)C3)cnc12. The summed E-state index contributed by atoms with van der Waals surface area (Å²) in [4.78, 5) is 25.2. The van der Waals surface area contributed by atoms with Crippen LogP contribution in [0.15, 0.2) is 24.4 Å². The second kappa shape index (κ2) is 12.0. The van der Waals surface area contributed by atoms with E-state index in [0.717, 1.165) is 60.8 Å². The van der Waals surface area contributed by atoms with Crippen LogP contribution in [0.25, 0.3) is 11.2 Å². The second-order valence-electron chi connectivity index (χ2n) is 9.78. The third-order valence-corrected chi connectivity index (χ3v) is 7.98. The van der Waals surface area contributed by atoms with Crippen LogP contribution >= 0.6 is 23.2 Å². The van der Waals surface area contributed by atoms with Crippen LogP contribution in [0.5, 0.6) is 0 Å². The smallest absolute Gasteiger partial charge is 0.304 e. The van der Waals surface area contributed by atoms with Crippen molar-refractivity contribution in [3.8, 4) is 0 Å². The van der Waals surface area contributed by atoms with Crippen molar-refractivity contribution in [2.24, 2.45) is 11.8 Å². The summed E-state index contributed by atoms with van der Waals surface area (Å²) in [6, 6.07) is 5.39. The summed E-state index contributed by atoms with van der Waals surface area (Å²) in [5, 5.41) is 14.9. The van der Waals surface area contributed by atoms with Crippen LogP contribution in [0.2, 0.25) is 10.0 Å². The molecule has 4 heterocycles. The number of hydrogen-bond donors (Lipinski definition) is 1. The number of piperidine rings is 1. The van der Waals surface area contributed by atoms with Gasteiger partial charge in [0, 0.05) is 36.2 Å². The van der Waals surface area contributed by atoms with Gasteiger partial charge in [-0.15, -0.1) is 0 Å². The van der Waals surface area contributed by atoms with Gasteiger partial charge in [0.05, 0.1) is 24.4 Å². The van der Waals surface area contributed by atoms with Crippen LogP contribution in [-0.2, 0) is 4.79 Å². The number of carbonyl (C=O) groups is 1. The number of benzene rings is 1. The highest BCUT2D eigenvalue weighted by Crippen LogP contribution is 2.35. The topological polar surface area (TPSA) is 87.4 Å².